The Morgan fingerprint density at radius 3 is 2.94 bits per heavy atom. The van der Waals surface area contributed by atoms with Crippen molar-refractivity contribution in [2.75, 3.05) is 5.32 Å². The predicted molar refractivity (Wildman–Crippen MR) is 65.9 cm³/mol. The van der Waals surface area contributed by atoms with E-state index in [2.05, 4.69) is 21.2 Å². The molecule has 0 saturated heterocycles. The van der Waals surface area contributed by atoms with Gasteiger partial charge in [0, 0.05) is 14.0 Å². The summed E-state index contributed by atoms with van der Waals surface area (Å²) in [4.78, 5) is 30.9. The number of amides is 1. The Labute approximate surface area is 102 Å². The van der Waals surface area contributed by atoms with Crippen molar-refractivity contribution in [2.45, 2.75) is 13.5 Å². The Morgan fingerprint density at radius 1 is 1.61 bits per heavy atom. The number of hydrogen-bond acceptors (Lipinski definition) is 4. The summed E-state index contributed by atoms with van der Waals surface area (Å²) in [5.41, 5.74) is 0.695. The van der Waals surface area contributed by atoms with E-state index >= 15 is 0 Å². The van der Waals surface area contributed by atoms with E-state index in [0.29, 0.717) is 11.2 Å². The van der Waals surface area contributed by atoms with Gasteiger partial charge in [0.25, 0.3) is 0 Å². The Balaban J connectivity index is 2.65. The van der Waals surface area contributed by atoms with Crippen LogP contribution in [0.2, 0.25) is 0 Å². The number of aryl methyl sites for hydroxylation is 1. The summed E-state index contributed by atoms with van der Waals surface area (Å²) < 4.78 is 2.76. The van der Waals surface area contributed by atoms with Gasteiger partial charge in [-0.25, -0.2) is 9.78 Å². The molecule has 7 heteroatoms. The molecule has 2 rings (SSSR count). The van der Waals surface area contributed by atoms with E-state index in [-0.39, 0.29) is 24.1 Å². The first-order chi connectivity index (χ1) is 8.54. The van der Waals surface area contributed by atoms with Gasteiger partial charge in [-0.3, -0.25) is 19.2 Å². The summed E-state index contributed by atoms with van der Waals surface area (Å²) in [7, 11) is 1.59. The topological polar surface area (TPSA) is 81.8 Å². The van der Waals surface area contributed by atoms with Gasteiger partial charge in [0.2, 0.25) is 11.9 Å². The van der Waals surface area contributed by atoms with Crippen molar-refractivity contribution in [2.24, 2.45) is 7.05 Å². The summed E-state index contributed by atoms with van der Waals surface area (Å²) >= 11 is 0. The minimum Gasteiger partial charge on any atom is -0.295 e. The number of fused-ring (bicyclic) bond motifs is 1. The van der Waals surface area contributed by atoms with Crippen molar-refractivity contribution in [1.82, 2.24) is 19.1 Å². The fourth-order valence-electron chi connectivity index (χ4n) is 1.64. The molecular formula is C11H11N5O2. The molecule has 0 saturated carbocycles. The summed E-state index contributed by atoms with van der Waals surface area (Å²) in [5, 5.41) is 2.46. The molecule has 1 N–H and O–H groups in total. The molecule has 18 heavy (non-hydrogen) atoms. The third-order valence-electron chi connectivity index (χ3n) is 2.41. The Bertz CT molecular complexity index is 719. The van der Waals surface area contributed by atoms with E-state index in [1.807, 2.05) is 0 Å². The molecule has 0 atom stereocenters. The largest absolute Gasteiger partial charge is 0.330 e. The first-order valence-electron chi connectivity index (χ1n) is 5.18. The maximum absolute atomic E-state index is 11.9. The molecule has 0 bridgehead atoms. The van der Waals surface area contributed by atoms with Crippen LogP contribution in [0.5, 0.6) is 0 Å². The zero-order valence-corrected chi connectivity index (χ0v) is 9.97. The minimum absolute atomic E-state index is 0.152. The number of carbonyl (C=O) groups excluding carboxylic acids is 1. The lowest BCUT2D eigenvalue weighted by Crippen LogP contribution is -2.21. The van der Waals surface area contributed by atoms with Crippen molar-refractivity contribution in [3.63, 3.8) is 0 Å². The minimum atomic E-state index is -0.276. The Morgan fingerprint density at radius 2 is 2.33 bits per heavy atom. The van der Waals surface area contributed by atoms with Gasteiger partial charge >= 0.3 is 5.69 Å². The van der Waals surface area contributed by atoms with Gasteiger partial charge in [0.15, 0.2) is 5.65 Å². The molecular weight excluding hydrogens is 234 g/mol. The SMILES string of the molecule is C#CCn1c(=O)n(C)c2nc(NC(C)=O)ncc21. The fourth-order valence-corrected chi connectivity index (χ4v) is 1.64. The molecule has 0 fully saturated rings. The van der Waals surface area contributed by atoms with Crippen LogP contribution in [0.25, 0.3) is 11.2 Å². The van der Waals surface area contributed by atoms with Crippen molar-refractivity contribution in [1.29, 1.82) is 0 Å². The first-order valence-corrected chi connectivity index (χ1v) is 5.18. The van der Waals surface area contributed by atoms with E-state index < -0.39 is 0 Å². The normalized spacial score (nSPS) is 10.3. The quantitative estimate of drug-likeness (QED) is 0.738. The highest BCUT2D eigenvalue weighted by Gasteiger charge is 2.12. The van der Waals surface area contributed by atoms with Crippen LogP contribution < -0.4 is 11.0 Å². The van der Waals surface area contributed by atoms with Gasteiger partial charge < -0.3 is 0 Å². The predicted octanol–water partition coefficient (Wildman–Crippen LogP) is -0.278. The maximum Gasteiger partial charge on any atom is 0.330 e. The fraction of sp³-hybridized carbons (Fsp3) is 0.273. The molecule has 0 radical (unpaired) electrons. The number of aromatic nitrogens is 4. The molecule has 0 aliphatic heterocycles. The van der Waals surface area contributed by atoms with Crippen molar-refractivity contribution < 1.29 is 4.79 Å². The lowest BCUT2D eigenvalue weighted by atomic mass is 10.5. The van der Waals surface area contributed by atoms with E-state index in [0.717, 1.165) is 0 Å². The second-order valence-corrected chi connectivity index (χ2v) is 3.72. The molecule has 0 aromatic carbocycles. The third-order valence-corrected chi connectivity index (χ3v) is 2.41. The molecule has 0 aliphatic rings. The average Bonchev–Trinajstić information content (AvgIpc) is 2.54. The van der Waals surface area contributed by atoms with E-state index in [4.69, 9.17) is 6.42 Å². The molecule has 1 amide bonds. The number of nitrogens with zero attached hydrogens (tertiary/aromatic N) is 4. The van der Waals surface area contributed by atoms with Crippen LogP contribution in [0.1, 0.15) is 6.92 Å². The van der Waals surface area contributed by atoms with Crippen molar-refractivity contribution in [3.8, 4) is 12.3 Å². The number of anilines is 1. The van der Waals surface area contributed by atoms with Crippen LogP contribution in [-0.2, 0) is 18.4 Å². The van der Waals surface area contributed by atoms with Gasteiger partial charge in [-0.2, -0.15) is 4.98 Å². The number of carbonyl (C=O) groups is 1. The molecule has 92 valence electrons. The molecule has 2 aromatic rings. The highest BCUT2D eigenvalue weighted by molar-refractivity contribution is 5.87. The van der Waals surface area contributed by atoms with E-state index in [1.54, 1.807) is 7.05 Å². The summed E-state index contributed by atoms with van der Waals surface area (Å²) in [6, 6.07) is 0. The number of hydrogen-bond donors (Lipinski definition) is 1. The van der Waals surface area contributed by atoms with Crippen LogP contribution in [-0.4, -0.2) is 25.0 Å². The summed E-state index contributed by atoms with van der Waals surface area (Å²) in [5.74, 6) is 2.28. The van der Waals surface area contributed by atoms with Crippen molar-refractivity contribution >= 4 is 23.0 Å². The third kappa shape index (κ3) is 1.84. The van der Waals surface area contributed by atoms with Gasteiger partial charge in [0.1, 0.15) is 5.52 Å². The molecule has 2 aromatic heterocycles. The lowest BCUT2D eigenvalue weighted by molar-refractivity contribution is -0.114. The van der Waals surface area contributed by atoms with Crippen molar-refractivity contribution in [3.05, 3.63) is 16.7 Å². The van der Waals surface area contributed by atoms with E-state index in [9.17, 15) is 9.59 Å². The monoisotopic (exact) mass is 245 g/mol. The number of nitrogens with one attached hydrogen (secondary N) is 1. The summed E-state index contributed by atoms with van der Waals surface area (Å²) in [6.07, 6.45) is 6.67. The van der Waals surface area contributed by atoms with Crippen LogP contribution in [0.4, 0.5) is 5.95 Å². The zero-order chi connectivity index (χ0) is 13.3. The molecule has 0 unspecified atom stereocenters. The highest BCUT2D eigenvalue weighted by Crippen LogP contribution is 2.10. The van der Waals surface area contributed by atoms with Crippen LogP contribution in [0.3, 0.4) is 0 Å². The molecule has 0 aliphatic carbocycles. The second kappa shape index (κ2) is 4.33. The Kier molecular flexibility index (Phi) is 2.85. The average molecular weight is 245 g/mol. The number of terminal acetylenes is 1. The number of imidazole rings is 1. The van der Waals surface area contributed by atoms with Gasteiger partial charge in [-0.15, -0.1) is 6.42 Å². The maximum atomic E-state index is 11.9. The van der Waals surface area contributed by atoms with Crippen LogP contribution in [0.15, 0.2) is 11.0 Å². The van der Waals surface area contributed by atoms with Crippen LogP contribution >= 0.6 is 0 Å². The smallest absolute Gasteiger partial charge is 0.295 e. The standard InChI is InChI=1S/C11H11N5O2/c1-4-5-16-8-6-12-10(13-7(2)17)14-9(8)15(3)11(16)18/h1,6H,5H2,2-3H3,(H,12,13,14,17). The molecule has 0 spiro atoms. The zero-order valence-electron chi connectivity index (χ0n) is 9.97. The molecule has 7 nitrogen and oxygen atoms in total. The first kappa shape index (κ1) is 11.9. The highest BCUT2D eigenvalue weighted by atomic mass is 16.2. The lowest BCUT2D eigenvalue weighted by Gasteiger charge is -2.00. The Hall–Kier alpha value is -2.62. The van der Waals surface area contributed by atoms with Gasteiger partial charge in [0.05, 0.1) is 12.7 Å². The number of rotatable bonds is 2. The van der Waals surface area contributed by atoms with Gasteiger partial charge in [-0.05, 0) is 0 Å². The summed E-state index contributed by atoms with van der Waals surface area (Å²) in [6.45, 7) is 1.51. The van der Waals surface area contributed by atoms with Crippen LogP contribution in [0, 0.1) is 12.3 Å². The second-order valence-electron chi connectivity index (χ2n) is 3.72. The molecule has 2 heterocycles. The van der Waals surface area contributed by atoms with E-state index in [1.165, 1.54) is 22.3 Å². The van der Waals surface area contributed by atoms with Gasteiger partial charge in [-0.1, -0.05) is 5.92 Å².